The maximum atomic E-state index is 10.7. The van der Waals surface area contributed by atoms with Gasteiger partial charge in [-0.25, -0.2) is 0 Å². The second-order valence-electron chi connectivity index (χ2n) is 9.37. The van der Waals surface area contributed by atoms with E-state index in [2.05, 4.69) is 48.8 Å². The summed E-state index contributed by atoms with van der Waals surface area (Å²) in [5, 5.41) is 21.2. The Balaban J connectivity index is 1.66. The summed E-state index contributed by atoms with van der Waals surface area (Å²) in [6.07, 6.45) is 7.59. The lowest BCUT2D eigenvalue weighted by Crippen LogP contribution is -2.23. The standard InChI is InChI=1S/C28H41NO3/c1-5-8-12-20(4)24(30)17-16-22-25(31)19-26-27(22)23-15-11-14-21(28(23)32-26)13-9-10-18-29(6-2)7-3/h11,14-17,20,22,24-27,30-31H,6-7,9-10,12-13,18-19H2,1-4H3/b17-16+/t20-,22-,24+,25+,26-,27-/m0/s1. The molecule has 0 bridgehead atoms. The van der Waals surface area contributed by atoms with Crippen LogP contribution in [0.4, 0.5) is 0 Å². The van der Waals surface area contributed by atoms with Crippen LogP contribution >= 0.6 is 0 Å². The summed E-state index contributed by atoms with van der Waals surface area (Å²) in [4.78, 5) is 2.47. The number of aliphatic hydroxyl groups is 2. The van der Waals surface area contributed by atoms with Crippen molar-refractivity contribution in [3.63, 3.8) is 0 Å². The van der Waals surface area contributed by atoms with Gasteiger partial charge in [0, 0.05) is 30.2 Å². The molecule has 176 valence electrons. The van der Waals surface area contributed by atoms with Gasteiger partial charge in [-0.2, -0.15) is 0 Å². The number of benzene rings is 1. The number of ether oxygens (including phenoxy) is 1. The Bertz CT molecular complexity index is 820. The van der Waals surface area contributed by atoms with Crippen LogP contribution < -0.4 is 4.74 Å². The van der Waals surface area contributed by atoms with Crippen molar-refractivity contribution in [3.05, 3.63) is 41.5 Å². The van der Waals surface area contributed by atoms with E-state index >= 15 is 0 Å². The molecule has 2 N–H and O–H groups in total. The second-order valence-corrected chi connectivity index (χ2v) is 9.37. The van der Waals surface area contributed by atoms with Gasteiger partial charge in [0.25, 0.3) is 0 Å². The van der Waals surface area contributed by atoms with Crippen LogP contribution in [0.2, 0.25) is 0 Å². The zero-order chi connectivity index (χ0) is 23.1. The lowest BCUT2D eigenvalue weighted by Gasteiger charge is -2.19. The van der Waals surface area contributed by atoms with Gasteiger partial charge in [-0.1, -0.05) is 51.1 Å². The van der Waals surface area contributed by atoms with E-state index in [9.17, 15) is 10.2 Å². The van der Waals surface area contributed by atoms with Crippen molar-refractivity contribution in [1.82, 2.24) is 4.90 Å². The fourth-order valence-corrected chi connectivity index (χ4v) is 5.17. The molecule has 0 radical (unpaired) electrons. The minimum Gasteiger partial charge on any atom is -0.489 e. The number of unbranched alkanes of at least 4 members (excludes halogenated alkanes) is 1. The highest BCUT2D eigenvalue weighted by Gasteiger charge is 2.48. The molecule has 0 saturated heterocycles. The molecule has 2 aliphatic rings. The average Bonchev–Trinajstić information content (AvgIpc) is 3.30. The van der Waals surface area contributed by atoms with Crippen molar-refractivity contribution in [3.8, 4) is 17.6 Å². The first-order valence-corrected chi connectivity index (χ1v) is 12.4. The van der Waals surface area contributed by atoms with Crippen LogP contribution in [0.15, 0.2) is 30.4 Å². The lowest BCUT2D eigenvalue weighted by atomic mass is 9.86. The number of para-hydroxylation sites is 1. The third-order valence-electron chi connectivity index (χ3n) is 7.27. The maximum absolute atomic E-state index is 10.7. The molecule has 1 fully saturated rings. The predicted molar refractivity (Wildman–Crippen MR) is 131 cm³/mol. The van der Waals surface area contributed by atoms with Crippen LogP contribution in [0.3, 0.4) is 0 Å². The first-order valence-electron chi connectivity index (χ1n) is 12.4. The molecule has 0 spiro atoms. The Kier molecular flexibility index (Phi) is 9.22. The van der Waals surface area contributed by atoms with Crippen molar-refractivity contribution in [2.24, 2.45) is 11.8 Å². The third-order valence-corrected chi connectivity index (χ3v) is 7.27. The summed E-state index contributed by atoms with van der Waals surface area (Å²) in [5.41, 5.74) is 2.52. The largest absolute Gasteiger partial charge is 0.489 e. The van der Waals surface area contributed by atoms with Crippen LogP contribution in [0.25, 0.3) is 0 Å². The van der Waals surface area contributed by atoms with Crippen LogP contribution in [-0.2, 0) is 6.42 Å². The van der Waals surface area contributed by atoms with Gasteiger partial charge < -0.3 is 19.8 Å². The summed E-state index contributed by atoms with van der Waals surface area (Å²) in [6, 6.07) is 6.49. The van der Waals surface area contributed by atoms with Crippen molar-refractivity contribution < 1.29 is 14.9 Å². The van der Waals surface area contributed by atoms with Crippen LogP contribution in [0, 0.1) is 23.7 Å². The van der Waals surface area contributed by atoms with Gasteiger partial charge in [0.05, 0.1) is 12.2 Å². The molecule has 4 nitrogen and oxygen atoms in total. The monoisotopic (exact) mass is 439 g/mol. The normalized spacial score (nSPS) is 25.8. The Hall–Kier alpha value is -1.80. The van der Waals surface area contributed by atoms with Gasteiger partial charge in [-0.15, -0.1) is 11.8 Å². The molecule has 0 amide bonds. The summed E-state index contributed by atoms with van der Waals surface area (Å²) in [7, 11) is 0. The Morgan fingerprint density at radius 1 is 1.25 bits per heavy atom. The number of hydrogen-bond donors (Lipinski definition) is 2. The van der Waals surface area contributed by atoms with E-state index in [4.69, 9.17) is 4.74 Å². The molecular formula is C28H41NO3. The number of rotatable bonds is 11. The van der Waals surface area contributed by atoms with Crippen molar-refractivity contribution in [2.45, 2.75) is 84.0 Å². The fourth-order valence-electron chi connectivity index (χ4n) is 5.17. The molecule has 1 aliphatic carbocycles. The third kappa shape index (κ3) is 5.76. The van der Waals surface area contributed by atoms with Crippen LogP contribution in [0.1, 0.15) is 70.4 Å². The zero-order valence-corrected chi connectivity index (χ0v) is 20.3. The van der Waals surface area contributed by atoms with Crippen molar-refractivity contribution in [1.29, 1.82) is 0 Å². The number of hydrogen-bond acceptors (Lipinski definition) is 4. The Labute approximate surface area is 194 Å². The van der Waals surface area contributed by atoms with Gasteiger partial charge in [0.1, 0.15) is 11.9 Å². The molecule has 0 aromatic heterocycles. The van der Waals surface area contributed by atoms with Gasteiger partial charge in [0.15, 0.2) is 0 Å². The molecule has 3 rings (SSSR count). The van der Waals surface area contributed by atoms with E-state index in [1.165, 1.54) is 17.5 Å². The van der Waals surface area contributed by atoms with Gasteiger partial charge in [-0.3, -0.25) is 0 Å². The number of aliphatic hydroxyl groups excluding tert-OH is 2. The molecule has 6 atom stereocenters. The van der Waals surface area contributed by atoms with E-state index < -0.39 is 12.2 Å². The number of aryl methyl sites for hydroxylation is 1. The quantitative estimate of drug-likeness (QED) is 0.302. The van der Waals surface area contributed by atoms with Gasteiger partial charge in [0.2, 0.25) is 0 Å². The molecular weight excluding hydrogens is 398 g/mol. The van der Waals surface area contributed by atoms with Gasteiger partial charge >= 0.3 is 0 Å². The van der Waals surface area contributed by atoms with Crippen LogP contribution in [-0.4, -0.2) is 53.1 Å². The lowest BCUT2D eigenvalue weighted by molar-refractivity contribution is 0.134. The minimum absolute atomic E-state index is 0.0204. The summed E-state index contributed by atoms with van der Waals surface area (Å²) in [6.45, 7) is 11.6. The molecule has 4 heteroatoms. The smallest absolute Gasteiger partial charge is 0.126 e. The summed E-state index contributed by atoms with van der Waals surface area (Å²) >= 11 is 0. The highest BCUT2D eigenvalue weighted by molar-refractivity contribution is 5.49. The second kappa shape index (κ2) is 11.9. The molecule has 1 aromatic rings. The molecule has 1 heterocycles. The number of fused-ring (bicyclic) bond motifs is 3. The molecule has 1 aliphatic heterocycles. The summed E-state index contributed by atoms with van der Waals surface area (Å²) in [5.74, 6) is 7.17. The zero-order valence-electron chi connectivity index (χ0n) is 20.3. The Morgan fingerprint density at radius 3 is 2.75 bits per heavy atom. The fraction of sp³-hybridized carbons (Fsp3) is 0.643. The highest BCUT2D eigenvalue weighted by atomic mass is 16.5. The van der Waals surface area contributed by atoms with E-state index in [1.54, 1.807) is 0 Å². The van der Waals surface area contributed by atoms with E-state index in [0.29, 0.717) is 12.8 Å². The van der Waals surface area contributed by atoms with E-state index in [-0.39, 0.29) is 23.9 Å². The van der Waals surface area contributed by atoms with Crippen molar-refractivity contribution >= 4 is 0 Å². The first kappa shape index (κ1) is 24.8. The average molecular weight is 440 g/mol. The van der Waals surface area contributed by atoms with Crippen LogP contribution in [0.5, 0.6) is 5.75 Å². The maximum Gasteiger partial charge on any atom is 0.126 e. The SMILES string of the molecule is CC#CC[C@H](C)[C@H](O)/C=C/[C@@H]1[C@H]2c3cccc(CCCCN(CC)CC)c3O[C@H]2C[C@H]1O. The molecule has 1 aromatic carbocycles. The Morgan fingerprint density at radius 2 is 2.03 bits per heavy atom. The molecule has 1 saturated carbocycles. The molecule has 0 unspecified atom stereocenters. The first-order chi connectivity index (χ1) is 15.5. The van der Waals surface area contributed by atoms with Gasteiger partial charge in [-0.05, 0) is 57.3 Å². The highest BCUT2D eigenvalue weighted by Crippen LogP contribution is 2.52. The topological polar surface area (TPSA) is 52.9 Å². The molecule has 32 heavy (non-hydrogen) atoms. The van der Waals surface area contributed by atoms with E-state index in [0.717, 1.165) is 38.2 Å². The number of nitrogens with zero attached hydrogens (tertiary/aromatic N) is 1. The summed E-state index contributed by atoms with van der Waals surface area (Å²) < 4.78 is 6.41. The predicted octanol–water partition coefficient (Wildman–Crippen LogP) is 4.54. The van der Waals surface area contributed by atoms with E-state index in [1.807, 2.05) is 26.0 Å². The minimum atomic E-state index is -0.555. The van der Waals surface area contributed by atoms with Crippen molar-refractivity contribution in [2.75, 3.05) is 19.6 Å².